The van der Waals surface area contributed by atoms with Gasteiger partial charge in [-0.15, -0.1) is 0 Å². The standard InChI is InChI=1S/C15H25N3OS/c1-12(2)13(11-20)10-18-15(19)8-14(9-16-18)17-6-4-3-5-7-17/h8-9,12-13,20H,3-7,10-11H2,1-2H3. The van der Waals surface area contributed by atoms with E-state index in [-0.39, 0.29) is 5.56 Å². The Morgan fingerprint density at radius 1 is 1.30 bits per heavy atom. The molecule has 0 radical (unpaired) electrons. The number of hydrogen-bond donors (Lipinski definition) is 1. The minimum absolute atomic E-state index is 0.000469. The van der Waals surface area contributed by atoms with Gasteiger partial charge in [0.15, 0.2) is 0 Å². The van der Waals surface area contributed by atoms with Gasteiger partial charge in [0.2, 0.25) is 0 Å². The van der Waals surface area contributed by atoms with Gasteiger partial charge in [0, 0.05) is 25.7 Å². The van der Waals surface area contributed by atoms with Gasteiger partial charge < -0.3 is 4.90 Å². The lowest BCUT2D eigenvalue weighted by atomic mass is 9.98. The summed E-state index contributed by atoms with van der Waals surface area (Å²) in [6, 6.07) is 1.73. The van der Waals surface area contributed by atoms with Crippen molar-refractivity contribution in [2.45, 2.75) is 39.7 Å². The van der Waals surface area contributed by atoms with Crippen LogP contribution < -0.4 is 10.5 Å². The fourth-order valence-electron chi connectivity index (χ4n) is 2.59. The Bertz CT molecular complexity index is 480. The predicted molar refractivity (Wildman–Crippen MR) is 86.7 cm³/mol. The van der Waals surface area contributed by atoms with Gasteiger partial charge in [-0.05, 0) is 36.9 Å². The molecule has 4 nitrogen and oxygen atoms in total. The number of anilines is 1. The molecule has 1 fully saturated rings. The van der Waals surface area contributed by atoms with Crippen LogP contribution in [0.15, 0.2) is 17.1 Å². The highest BCUT2D eigenvalue weighted by molar-refractivity contribution is 7.80. The fraction of sp³-hybridized carbons (Fsp3) is 0.733. The van der Waals surface area contributed by atoms with Gasteiger partial charge >= 0.3 is 0 Å². The third-order valence-electron chi connectivity index (χ3n) is 4.16. The second-order valence-corrected chi connectivity index (χ2v) is 6.33. The van der Waals surface area contributed by atoms with Crippen LogP contribution in [0.1, 0.15) is 33.1 Å². The van der Waals surface area contributed by atoms with E-state index in [4.69, 9.17) is 0 Å². The lowest BCUT2D eigenvalue weighted by Crippen LogP contribution is -2.33. The van der Waals surface area contributed by atoms with Crippen molar-refractivity contribution in [1.82, 2.24) is 9.78 Å². The van der Waals surface area contributed by atoms with Crippen LogP contribution in [0.5, 0.6) is 0 Å². The predicted octanol–water partition coefficient (Wildman–Crippen LogP) is 2.44. The molecule has 0 aromatic carbocycles. The molecule has 0 aliphatic carbocycles. The molecule has 2 heterocycles. The van der Waals surface area contributed by atoms with Crippen LogP contribution >= 0.6 is 12.6 Å². The molecule has 1 atom stereocenters. The molecule has 1 aromatic heterocycles. The van der Waals surface area contributed by atoms with Crippen LogP contribution in [0.2, 0.25) is 0 Å². The van der Waals surface area contributed by atoms with Crippen molar-refractivity contribution in [1.29, 1.82) is 0 Å². The Morgan fingerprint density at radius 2 is 2.00 bits per heavy atom. The molecule has 1 aliphatic rings. The first-order chi connectivity index (χ1) is 9.61. The molecule has 0 amide bonds. The maximum atomic E-state index is 12.2. The Morgan fingerprint density at radius 3 is 2.55 bits per heavy atom. The fourth-order valence-corrected chi connectivity index (χ4v) is 3.12. The molecule has 1 aromatic rings. The molecule has 0 bridgehead atoms. The maximum Gasteiger partial charge on any atom is 0.268 e. The number of nitrogens with zero attached hydrogens (tertiary/aromatic N) is 3. The van der Waals surface area contributed by atoms with Crippen molar-refractivity contribution in [3.63, 3.8) is 0 Å². The average molecular weight is 295 g/mol. The van der Waals surface area contributed by atoms with Crippen molar-refractivity contribution < 1.29 is 0 Å². The van der Waals surface area contributed by atoms with Gasteiger partial charge in [-0.1, -0.05) is 13.8 Å². The molecule has 1 aliphatic heterocycles. The molecule has 2 rings (SSSR count). The summed E-state index contributed by atoms with van der Waals surface area (Å²) >= 11 is 4.37. The third-order valence-corrected chi connectivity index (χ3v) is 4.63. The van der Waals surface area contributed by atoms with Gasteiger partial charge in [-0.2, -0.15) is 17.7 Å². The molecular weight excluding hydrogens is 270 g/mol. The summed E-state index contributed by atoms with van der Waals surface area (Å²) in [7, 11) is 0. The van der Waals surface area contributed by atoms with E-state index in [0.29, 0.717) is 18.4 Å². The van der Waals surface area contributed by atoms with E-state index < -0.39 is 0 Å². The minimum Gasteiger partial charge on any atom is -0.370 e. The van der Waals surface area contributed by atoms with Crippen LogP contribution in [0.25, 0.3) is 0 Å². The Hall–Kier alpha value is -0.970. The zero-order valence-electron chi connectivity index (χ0n) is 12.5. The van der Waals surface area contributed by atoms with E-state index >= 15 is 0 Å². The van der Waals surface area contributed by atoms with Gasteiger partial charge in [0.25, 0.3) is 5.56 Å². The second kappa shape index (κ2) is 7.16. The number of piperidine rings is 1. The zero-order chi connectivity index (χ0) is 14.5. The Balaban J connectivity index is 2.11. The lowest BCUT2D eigenvalue weighted by molar-refractivity contribution is 0.347. The molecule has 112 valence electrons. The SMILES string of the molecule is CC(C)C(CS)Cn1ncc(N2CCCCC2)cc1=O. The normalized spacial score (nSPS) is 17.5. The maximum absolute atomic E-state index is 12.2. The van der Waals surface area contributed by atoms with Crippen molar-refractivity contribution in [3.05, 3.63) is 22.6 Å². The minimum atomic E-state index is 0.000469. The third kappa shape index (κ3) is 3.78. The first-order valence-corrected chi connectivity index (χ1v) is 8.18. The Kier molecular flexibility index (Phi) is 5.52. The van der Waals surface area contributed by atoms with Crippen molar-refractivity contribution >= 4 is 18.3 Å². The first kappa shape index (κ1) is 15.4. The molecule has 0 saturated carbocycles. The highest BCUT2D eigenvalue weighted by atomic mass is 32.1. The average Bonchev–Trinajstić information content (AvgIpc) is 2.46. The smallest absolute Gasteiger partial charge is 0.268 e. The highest BCUT2D eigenvalue weighted by Gasteiger charge is 2.16. The largest absolute Gasteiger partial charge is 0.370 e. The number of hydrogen-bond acceptors (Lipinski definition) is 4. The number of thiol groups is 1. The summed E-state index contributed by atoms with van der Waals surface area (Å²) in [5.41, 5.74) is 0.971. The van der Waals surface area contributed by atoms with Gasteiger partial charge in [-0.3, -0.25) is 4.79 Å². The van der Waals surface area contributed by atoms with E-state index in [2.05, 4.69) is 36.5 Å². The molecule has 0 spiro atoms. The zero-order valence-corrected chi connectivity index (χ0v) is 13.4. The second-order valence-electron chi connectivity index (χ2n) is 5.97. The monoisotopic (exact) mass is 295 g/mol. The van der Waals surface area contributed by atoms with E-state index in [1.54, 1.807) is 10.7 Å². The summed E-state index contributed by atoms with van der Waals surface area (Å²) in [6.45, 7) is 7.05. The van der Waals surface area contributed by atoms with Crippen molar-refractivity contribution in [3.8, 4) is 0 Å². The van der Waals surface area contributed by atoms with E-state index in [9.17, 15) is 4.79 Å². The summed E-state index contributed by atoms with van der Waals surface area (Å²) < 4.78 is 1.58. The number of aromatic nitrogens is 2. The van der Waals surface area contributed by atoms with E-state index in [1.165, 1.54) is 19.3 Å². The van der Waals surface area contributed by atoms with Crippen LogP contribution in [0.3, 0.4) is 0 Å². The molecule has 20 heavy (non-hydrogen) atoms. The van der Waals surface area contributed by atoms with Crippen LogP contribution in [0.4, 0.5) is 5.69 Å². The summed E-state index contributed by atoms with van der Waals surface area (Å²) in [5, 5.41) is 4.35. The molecule has 1 unspecified atom stereocenters. The van der Waals surface area contributed by atoms with E-state index in [1.807, 2.05) is 6.20 Å². The summed E-state index contributed by atoms with van der Waals surface area (Å²) in [5.74, 6) is 1.66. The van der Waals surface area contributed by atoms with E-state index in [0.717, 1.165) is 24.5 Å². The van der Waals surface area contributed by atoms with Gasteiger partial charge in [0.1, 0.15) is 0 Å². The van der Waals surface area contributed by atoms with Crippen LogP contribution in [-0.2, 0) is 6.54 Å². The molecule has 0 N–H and O–H groups in total. The van der Waals surface area contributed by atoms with Crippen molar-refractivity contribution in [2.24, 2.45) is 11.8 Å². The molecular formula is C15H25N3OS. The van der Waals surface area contributed by atoms with Gasteiger partial charge in [-0.25, -0.2) is 4.68 Å². The quantitative estimate of drug-likeness (QED) is 0.848. The highest BCUT2D eigenvalue weighted by Crippen LogP contribution is 2.18. The molecule has 1 saturated heterocycles. The van der Waals surface area contributed by atoms with Crippen LogP contribution in [0, 0.1) is 11.8 Å². The summed E-state index contributed by atoms with van der Waals surface area (Å²) in [4.78, 5) is 14.5. The topological polar surface area (TPSA) is 38.1 Å². The van der Waals surface area contributed by atoms with Crippen LogP contribution in [-0.4, -0.2) is 28.6 Å². The van der Waals surface area contributed by atoms with Gasteiger partial charge in [0.05, 0.1) is 11.9 Å². The Labute approximate surface area is 126 Å². The van der Waals surface area contributed by atoms with Crippen molar-refractivity contribution in [2.75, 3.05) is 23.7 Å². The lowest BCUT2D eigenvalue weighted by Gasteiger charge is -2.28. The first-order valence-electron chi connectivity index (χ1n) is 7.55. The molecule has 5 heteroatoms. The number of rotatable bonds is 5. The summed E-state index contributed by atoms with van der Waals surface area (Å²) in [6.07, 6.45) is 5.54.